The van der Waals surface area contributed by atoms with Crippen LogP contribution in [0.1, 0.15) is 11.1 Å². The summed E-state index contributed by atoms with van der Waals surface area (Å²) in [4.78, 5) is 0.780. The third-order valence-corrected chi connectivity index (χ3v) is 3.65. The fourth-order valence-electron chi connectivity index (χ4n) is 1.65. The highest BCUT2D eigenvalue weighted by molar-refractivity contribution is 7.90. The molecule has 2 N–H and O–H groups in total. The van der Waals surface area contributed by atoms with E-state index >= 15 is 0 Å². The van der Waals surface area contributed by atoms with E-state index in [1.165, 1.54) is 12.1 Å². The largest absolute Gasteiger partial charge is 0.612 e. The first-order valence-corrected chi connectivity index (χ1v) is 7.28. The smallest absolute Gasteiger partial charge is 0.152 e. The van der Waals surface area contributed by atoms with Crippen molar-refractivity contribution < 1.29 is 8.94 Å². The molecule has 0 aliphatic carbocycles. The zero-order valence-corrected chi connectivity index (χ0v) is 11.3. The normalized spacial score (nSPS) is 12.8. The summed E-state index contributed by atoms with van der Waals surface area (Å²) < 4.78 is 24.3. The average molecular weight is 275 g/mol. The van der Waals surface area contributed by atoms with Crippen LogP contribution in [0.15, 0.2) is 47.4 Å². The molecule has 0 aromatic heterocycles. The van der Waals surface area contributed by atoms with Crippen molar-refractivity contribution >= 4 is 29.0 Å². The maximum Gasteiger partial charge on any atom is 0.152 e. The van der Waals surface area contributed by atoms with Crippen molar-refractivity contribution in [2.75, 3.05) is 12.0 Å². The highest BCUT2D eigenvalue weighted by atomic mass is 32.2. The molecule has 2 rings (SSSR count). The lowest BCUT2D eigenvalue weighted by Gasteiger charge is -2.04. The van der Waals surface area contributed by atoms with Crippen molar-refractivity contribution in [2.45, 2.75) is 4.90 Å². The molecule has 1 unspecified atom stereocenters. The van der Waals surface area contributed by atoms with Crippen LogP contribution in [-0.2, 0) is 11.2 Å². The van der Waals surface area contributed by atoms with Crippen LogP contribution in [0.25, 0.3) is 12.2 Å². The van der Waals surface area contributed by atoms with E-state index < -0.39 is 11.2 Å². The zero-order chi connectivity index (χ0) is 13.8. The Balaban J connectivity index is 2.20. The molecule has 1 atom stereocenters. The molecule has 0 spiro atoms. The Morgan fingerprint density at radius 3 is 2.42 bits per heavy atom. The van der Waals surface area contributed by atoms with Gasteiger partial charge in [-0.2, -0.15) is 0 Å². The number of rotatable bonds is 3. The average Bonchev–Trinajstić information content (AvgIpc) is 2.40. The van der Waals surface area contributed by atoms with Crippen molar-refractivity contribution in [1.29, 1.82) is 0 Å². The molecule has 0 aliphatic heterocycles. The molecule has 0 radical (unpaired) electrons. The predicted octanol–water partition coefficient (Wildman–Crippen LogP) is 3.32. The molecular formula is C15H14FNOS. The fraction of sp³-hybridized carbons (Fsp3) is 0.0667. The topological polar surface area (TPSA) is 49.1 Å². The van der Waals surface area contributed by atoms with Gasteiger partial charge in [-0.15, -0.1) is 0 Å². The maximum absolute atomic E-state index is 13.1. The molecule has 19 heavy (non-hydrogen) atoms. The van der Waals surface area contributed by atoms with E-state index in [1.54, 1.807) is 18.4 Å². The van der Waals surface area contributed by atoms with Gasteiger partial charge in [0.1, 0.15) is 12.1 Å². The lowest BCUT2D eigenvalue weighted by atomic mass is 10.1. The van der Waals surface area contributed by atoms with Gasteiger partial charge in [0.15, 0.2) is 4.90 Å². The minimum absolute atomic E-state index is 0.314. The molecule has 2 nitrogen and oxygen atoms in total. The number of benzene rings is 2. The van der Waals surface area contributed by atoms with Crippen molar-refractivity contribution in [1.82, 2.24) is 0 Å². The minimum Gasteiger partial charge on any atom is -0.612 e. The van der Waals surface area contributed by atoms with E-state index in [-0.39, 0.29) is 5.82 Å². The predicted molar refractivity (Wildman–Crippen MR) is 78.5 cm³/mol. The summed E-state index contributed by atoms with van der Waals surface area (Å²) in [6, 6.07) is 11.6. The molecule has 0 bridgehead atoms. The number of halogens is 1. The van der Waals surface area contributed by atoms with Crippen molar-refractivity contribution in [3.63, 3.8) is 0 Å². The zero-order valence-electron chi connectivity index (χ0n) is 10.5. The lowest BCUT2D eigenvalue weighted by Crippen LogP contribution is -1.96. The second-order valence-electron chi connectivity index (χ2n) is 4.13. The number of anilines is 1. The van der Waals surface area contributed by atoms with Crippen LogP contribution >= 0.6 is 0 Å². The first-order valence-electron chi connectivity index (χ1n) is 5.73. The number of nitrogens with two attached hydrogens (primary N) is 1. The molecule has 2 aromatic rings. The molecule has 4 heteroatoms. The van der Waals surface area contributed by atoms with Crippen molar-refractivity contribution in [3.8, 4) is 0 Å². The Bertz CT molecular complexity index is 594. The highest BCUT2D eigenvalue weighted by Gasteiger charge is 2.02. The van der Waals surface area contributed by atoms with Gasteiger partial charge in [-0.05, 0) is 59.2 Å². The Morgan fingerprint density at radius 2 is 1.79 bits per heavy atom. The summed E-state index contributed by atoms with van der Waals surface area (Å²) in [5.74, 6) is -0.314. The summed E-state index contributed by atoms with van der Waals surface area (Å²) in [6.45, 7) is 0. The number of hydrogen-bond donors (Lipinski definition) is 1. The second kappa shape index (κ2) is 5.91. The molecular weight excluding hydrogens is 261 g/mol. The van der Waals surface area contributed by atoms with Crippen LogP contribution in [0.5, 0.6) is 0 Å². The Hall–Kier alpha value is -1.78. The molecule has 98 valence electrons. The Morgan fingerprint density at radius 1 is 1.11 bits per heavy atom. The van der Waals surface area contributed by atoms with Gasteiger partial charge in [-0.25, -0.2) is 4.39 Å². The van der Waals surface area contributed by atoms with Gasteiger partial charge in [0.2, 0.25) is 0 Å². The molecule has 0 saturated carbocycles. The van der Waals surface area contributed by atoms with Crippen LogP contribution in [0, 0.1) is 5.82 Å². The van der Waals surface area contributed by atoms with E-state index in [1.807, 2.05) is 30.3 Å². The van der Waals surface area contributed by atoms with Crippen LogP contribution in [0.3, 0.4) is 0 Å². The summed E-state index contributed by atoms with van der Waals surface area (Å²) in [6.07, 6.45) is 5.24. The van der Waals surface area contributed by atoms with Gasteiger partial charge in [0.25, 0.3) is 0 Å². The van der Waals surface area contributed by atoms with Crippen LogP contribution < -0.4 is 5.73 Å². The van der Waals surface area contributed by atoms with Crippen LogP contribution in [-0.4, -0.2) is 10.8 Å². The van der Waals surface area contributed by atoms with E-state index in [0.29, 0.717) is 11.3 Å². The van der Waals surface area contributed by atoms with E-state index in [0.717, 1.165) is 10.5 Å². The van der Waals surface area contributed by atoms with Crippen molar-refractivity contribution in [3.05, 3.63) is 59.4 Å². The summed E-state index contributed by atoms with van der Waals surface area (Å²) in [5, 5.41) is 0. The molecule has 0 saturated heterocycles. The maximum atomic E-state index is 13.1. The number of hydrogen-bond acceptors (Lipinski definition) is 2. The van der Waals surface area contributed by atoms with E-state index in [2.05, 4.69) is 0 Å². The lowest BCUT2D eigenvalue weighted by molar-refractivity contribution is 0.601. The Labute approximate surface area is 114 Å². The summed E-state index contributed by atoms with van der Waals surface area (Å²) in [5.41, 5.74) is 7.87. The highest BCUT2D eigenvalue weighted by Crippen LogP contribution is 2.17. The quantitative estimate of drug-likeness (QED) is 0.530. The van der Waals surface area contributed by atoms with Gasteiger partial charge in [-0.1, -0.05) is 12.2 Å². The first kappa shape index (κ1) is 13.6. The molecule has 0 amide bonds. The van der Waals surface area contributed by atoms with E-state index in [4.69, 9.17) is 5.73 Å². The van der Waals surface area contributed by atoms with Gasteiger partial charge in [-0.3, -0.25) is 0 Å². The molecule has 2 aromatic carbocycles. The standard InChI is InChI=1S/C15H14FNOS/c1-19(18)14-7-3-11(4-8-14)2-5-12-10-13(16)6-9-15(12)17/h2-10H,17H2,1H3/b5-2+. The van der Waals surface area contributed by atoms with Crippen LogP contribution in [0.2, 0.25) is 0 Å². The van der Waals surface area contributed by atoms with Gasteiger partial charge in [0.05, 0.1) is 0 Å². The molecule has 0 fully saturated rings. The molecule has 0 heterocycles. The fourth-order valence-corrected chi connectivity index (χ4v) is 2.17. The summed E-state index contributed by atoms with van der Waals surface area (Å²) >= 11 is -0.978. The minimum atomic E-state index is -0.978. The monoisotopic (exact) mass is 275 g/mol. The molecule has 0 aliphatic rings. The summed E-state index contributed by atoms with van der Waals surface area (Å²) in [7, 11) is 0. The van der Waals surface area contributed by atoms with E-state index in [9.17, 15) is 8.94 Å². The SMILES string of the molecule is C[S+]([O-])c1ccc(/C=C/c2cc(F)ccc2N)cc1. The van der Waals surface area contributed by atoms with Crippen molar-refractivity contribution in [2.24, 2.45) is 0 Å². The third kappa shape index (κ3) is 3.59. The second-order valence-corrected chi connectivity index (χ2v) is 5.51. The Kier molecular flexibility index (Phi) is 4.24. The van der Waals surface area contributed by atoms with Gasteiger partial charge in [0, 0.05) is 11.3 Å². The van der Waals surface area contributed by atoms with Gasteiger partial charge < -0.3 is 10.3 Å². The number of nitrogen functional groups attached to an aromatic ring is 1. The van der Waals surface area contributed by atoms with Gasteiger partial charge >= 0.3 is 0 Å². The first-order chi connectivity index (χ1) is 9.06. The third-order valence-electron chi connectivity index (χ3n) is 2.72. The van der Waals surface area contributed by atoms with Crippen LogP contribution in [0.4, 0.5) is 10.1 Å².